The van der Waals surface area contributed by atoms with E-state index in [0.29, 0.717) is 6.04 Å². The maximum Gasteiger partial charge on any atom is 0.105 e. The summed E-state index contributed by atoms with van der Waals surface area (Å²) in [6.45, 7) is 1.12. The first-order chi connectivity index (χ1) is 8.93. The van der Waals surface area contributed by atoms with E-state index in [-0.39, 0.29) is 0 Å². The van der Waals surface area contributed by atoms with E-state index in [0.717, 1.165) is 11.6 Å². The number of hydrogen-bond donors (Lipinski definition) is 1. The van der Waals surface area contributed by atoms with E-state index in [1.165, 1.54) is 23.3 Å². The molecule has 3 rings (SSSR count). The van der Waals surface area contributed by atoms with Crippen molar-refractivity contribution >= 4 is 11.8 Å². The minimum Gasteiger partial charge on any atom is -0.310 e. The minimum atomic E-state index is 0.477. The zero-order valence-corrected chi connectivity index (χ0v) is 11.0. The number of benzene rings is 1. The molecule has 1 aliphatic rings. The van der Waals surface area contributed by atoms with Crippen molar-refractivity contribution in [2.45, 2.75) is 28.8 Å². The lowest BCUT2D eigenvalue weighted by Crippen LogP contribution is -2.14. The third kappa shape index (κ3) is 2.57. The van der Waals surface area contributed by atoms with Gasteiger partial charge in [0.05, 0.1) is 0 Å². The second-order valence-corrected chi connectivity index (χ2v) is 5.52. The summed E-state index contributed by atoms with van der Waals surface area (Å²) in [5.74, 6) is 0. The first-order valence-corrected chi connectivity index (χ1v) is 7.16. The van der Waals surface area contributed by atoms with E-state index in [1.807, 2.05) is 18.3 Å². The third-order valence-electron chi connectivity index (χ3n) is 3.19. The lowest BCUT2D eigenvalue weighted by Gasteiger charge is -2.14. The van der Waals surface area contributed by atoms with Gasteiger partial charge in [0, 0.05) is 22.7 Å². The smallest absolute Gasteiger partial charge is 0.105 e. The molecule has 0 radical (unpaired) electrons. The molecule has 0 saturated carbocycles. The van der Waals surface area contributed by atoms with E-state index in [9.17, 15) is 0 Å². The molecule has 2 nitrogen and oxygen atoms in total. The molecule has 92 valence electrons. The summed E-state index contributed by atoms with van der Waals surface area (Å²) in [4.78, 5) is 5.79. The molecule has 1 aliphatic heterocycles. The summed E-state index contributed by atoms with van der Waals surface area (Å²) in [6, 6.07) is 15.1. The van der Waals surface area contributed by atoms with Crippen LogP contribution < -0.4 is 5.32 Å². The van der Waals surface area contributed by atoms with Gasteiger partial charge in [-0.15, -0.1) is 0 Å². The highest BCUT2D eigenvalue weighted by atomic mass is 32.2. The summed E-state index contributed by atoms with van der Waals surface area (Å²) in [6.07, 6.45) is 4.35. The van der Waals surface area contributed by atoms with Crippen LogP contribution in [-0.2, 0) is 0 Å². The summed E-state index contributed by atoms with van der Waals surface area (Å²) in [7, 11) is 0. The highest BCUT2D eigenvalue weighted by molar-refractivity contribution is 7.99. The molecule has 1 N–H and O–H groups in total. The lowest BCUT2D eigenvalue weighted by atomic mass is 10.1. The Labute approximate surface area is 112 Å². The van der Waals surface area contributed by atoms with Crippen LogP contribution in [0.25, 0.3) is 0 Å². The predicted molar refractivity (Wildman–Crippen MR) is 74.8 cm³/mol. The van der Waals surface area contributed by atoms with Crippen LogP contribution in [0.1, 0.15) is 24.4 Å². The van der Waals surface area contributed by atoms with E-state index in [1.54, 1.807) is 11.8 Å². The fraction of sp³-hybridized carbons (Fsp3) is 0.267. The SMILES string of the molecule is c1ccc(Sc2ncccc2[C@H]2CCCN2)cc1. The Morgan fingerprint density at radius 3 is 2.78 bits per heavy atom. The molecule has 2 aromatic rings. The summed E-state index contributed by atoms with van der Waals surface area (Å²) in [5.41, 5.74) is 1.34. The van der Waals surface area contributed by atoms with Crippen molar-refractivity contribution in [2.24, 2.45) is 0 Å². The van der Waals surface area contributed by atoms with E-state index in [2.05, 4.69) is 40.6 Å². The monoisotopic (exact) mass is 256 g/mol. The molecule has 3 heteroatoms. The molecule has 1 saturated heterocycles. The van der Waals surface area contributed by atoms with Gasteiger partial charge in [0.25, 0.3) is 0 Å². The Hall–Kier alpha value is -1.32. The Bertz CT molecular complexity index is 507. The number of pyridine rings is 1. The quantitative estimate of drug-likeness (QED) is 0.907. The Morgan fingerprint density at radius 2 is 2.00 bits per heavy atom. The first kappa shape index (κ1) is 11.8. The summed E-state index contributed by atoms with van der Waals surface area (Å²) in [5, 5.41) is 4.67. The van der Waals surface area contributed by atoms with Crippen LogP contribution in [0.15, 0.2) is 58.6 Å². The van der Waals surface area contributed by atoms with Gasteiger partial charge < -0.3 is 5.32 Å². The molecule has 18 heavy (non-hydrogen) atoms. The number of hydrogen-bond acceptors (Lipinski definition) is 3. The van der Waals surface area contributed by atoms with Crippen molar-refractivity contribution in [3.63, 3.8) is 0 Å². The largest absolute Gasteiger partial charge is 0.310 e. The molecule has 0 bridgehead atoms. The number of rotatable bonds is 3. The Kier molecular flexibility index (Phi) is 3.62. The molecule has 1 aromatic carbocycles. The third-order valence-corrected chi connectivity index (χ3v) is 4.24. The molecule has 0 unspecified atom stereocenters. The maximum absolute atomic E-state index is 4.54. The van der Waals surface area contributed by atoms with E-state index in [4.69, 9.17) is 0 Å². The Balaban J connectivity index is 1.87. The van der Waals surface area contributed by atoms with Crippen molar-refractivity contribution in [1.82, 2.24) is 10.3 Å². The predicted octanol–water partition coefficient (Wildman–Crippen LogP) is 3.66. The molecule has 1 fully saturated rings. The average molecular weight is 256 g/mol. The van der Waals surface area contributed by atoms with Crippen LogP contribution in [0.4, 0.5) is 0 Å². The number of nitrogens with one attached hydrogen (secondary N) is 1. The van der Waals surface area contributed by atoms with Crippen LogP contribution in [0, 0.1) is 0 Å². The first-order valence-electron chi connectivity index (χ1n) is 6.35. The maximum atomic E-state index is 4.54. The molecule has 2 heterocycles. The fourth-order valence-electron chi connectivity index (χ4n) is 2.30. The molecule has 1 aromatic heterocycles. The van der Waals surface area contributed by atoms with Crippen molar-refractivity contribution in [2.75, 3.05) is 6.54 Å². The second-order valence-electron chi connectivity index (χ2n) is 4.46. The van der Waals surface area contributed by atoms with E-state index >= 15 is 0 Å². The van der Waals surface area contributed by atoms with Crippen LogP contribution >= 0.6 is 11.8 Å². The molecule has 0 amide bonds. The van der Waals surface area contributed by atoms with Crippen LogP contribution in [0.5, 0.6) is 0 Å². The van der Waals surface area contributed by atoms with Crippen molar-refractivity contribution in [1.29, 1.82) is 0 Å². The fourth-order valence-corrected chi connectivity index (χ4v) is 3.26. The van der Waals surface area contributed by atoms with Crippen LogP contribution in [-0.4, -0.2) is 11.5 Å². The van der Waals surface area contributed by atoms with Crippen molar-refractivity contribution in [3.8, 4) is 0 Å². The standard InChI is InChI=1S/C15H16N2S/c1-2-6-12(7-3-1)18-15-13(8-4-11-17-15)14-9-5-10-16-14/h1-4,6-8,11,14,16H,5,9-10H2/t14-/m1/s1. The summed E-state index contributed by atoms with van der Waals surface area (Å²) < 4.78 is 0. The van der Waals surface area contributed by atoms with Gasteiger partial charge in [-0.1, -0.05) is 36.0 Å². The highest BCUT2D eigenvalue weighted by Crippen LogP contribution is 2.34. The van der Waals surface area contributed by atoms with Gasteiger partial charge in [-0.25, -0.2) is 4.98 Å². The topological polar surface area (TPSA) is 24.9 Å². The molecule has 0 aliphatic carbocycles. The lowest BCUT2D eigenvalue weighted by molar-refractivity contribution is 0.629. The van der Waals surface area contributed by atoms with Gasteiger partial charge in [0.2, 0.25) is 0 Å². The van der Waals surface area contributed by atoms with Gasteiger partial charge in [0.15, 0.2) is 0 Å². The van der Waals surface area contributed by atoms with Crippen LogP contribution in [0.2, 0.25) is 0 Å². The normalized spacial score (nSPS) is 19.0. The van der Waals surface area contributed by atoms with Gasteiger partial charge in [-0.2, -0.15) is 0 Å². The number of aromatic nitrogens is 1. The molecule has 1 atom stereocenters. The van der Waals surface area contributed by atoms with Crippen LogP contribution in [0.3, 0.4) is 0 Å². The zero-order valence-electron chi connectivity index (χ0n) is 10.2. The Morgan fingerprint density at radius 1 is 1.11 bits per heavy atom. The molecular weight excluding hydrogens is 240 g/mol. The van der Waals surface area contributed by atoms with Crippen molar-refractivity contribution < 1.29 is 0 Å². The minimum absolute atomic E-state index is 0.477. The van der Waals surface area contributed by atoms with Gasteiger partial charge in [-0.05, 0) is 37.6 Å². The van der Waals surface area contributed by atoms with Gasteiger partial charge >= 0.3 is 0 Å². The van der Waals surface area contributed by atoms with Gasteiger partial charge in [-0.3, -0.25) is 0 Å². The zero-order chi connectivity index (χ0) is 12.2. The van der Waals surface area contributed by atoms with Gasteiger partial charge in [0.1, 0.15) is 5.03 Å². The molecular formula is C15H16N2S. The summed E-state index contributed by atoms with van der Waals surface area (Å²) >= 11 is 1.75. The highest BCUT2D eigenvalue weighted by Gasteiger charge is 2.19. The number of nitrogens with zero attached hydrogens (tertiary/aromatic N) is 1. The van der Waals surface area contributed by atoms with E-state index < -0.39 is 0 Å². The second kappa shape index (κ2) is 5.55. The molecule has 0 spiro atoms. The average Bonchev–Trinajstić information content (AvgIpc) is 2.94. The van der Waals surface area contributed by atoms with Crippen molar-refractivity contribution in [3.05, 3.63) is 54.2 Å².